The number of hydrogen-bond donors (Lipinski definition) is 0. The van der Waals surface area contributed by atoms with Crippen molar-refractivity contribution in [3.8, 4) is 0 Å². The largest absolute Gasteiger partial charge is 0.423 e. The van der Waals surface area contributed by atoms with Crippen LogP contribution in [0.15, 0.2) is 27.4 Å². The third kappa shape index (κ3) is 1.87. The van der Waals surface area contributed by atoms with Crippen molar-refractivity contribution < 1.29 is 4.42 Å². The number of alkyl halides is 1. The summed E-state index contributed by atoms with van der Waals surface area (Å²) in [5.74, 6) is 0.265. The number of rotatable bonds is 1. The summed E-state index contributed by atoms with van der Waals surface area (Å²) in [6.07, 6.45) is 0. The topological polar surface area (TPSA) is 30.2 Å². The van der Waals surface area contributed by atoms with Crippen molar-refractivity contribution in [3.63, 3.8) is 0 Å². The van der Waals surface area contributed by atoms with Gasteiger partial charge in [-0.15, -0.1) is 11.6 Å². The first-order valence-corrected chi connectivity index (χ1v) is 5.32. The molecule has 78 valence electrons. The van der Waals surface area contributed by atoms with Crippen molar-refractivity contribution in [1.82, 2.24) is 0 Å². The van der Waals surface area contributed by atoms with Crippen LogP contribution in [0.25, 0.3) is 11.0 Å². The van der Waals surface area contributed by atoms with Gasteiger partial charge in [-0.25, -0.2) is 4.79 Å². The van der Waals surface area contributed by atoms with E-state index < -0.39 is 0 Å². The smallest absolute Gasteiger partial charge is 0.336 e. The molecule has 2 aromatic rings. The predicted octanol–water partition coefficient (Wildman–Crippen LogP) is 3.49. The number of fused-ring (bicyclic) bond motifs is 1. The molecule has 0 bridgehead atoms. The van der Waals surface area contributed by atoms with E-state index in [-0.39, 0.29) is 11.5 Å². The Hall–Kier alpha value is -0.990. The second-order valence-electron chi connectivity index (χ2n) is 3.32. The van der Waals surface area contributed by atoms with Crippen molar-refractivity contribution >= 4 is 34.2 Å². The molecule has 1 aromatic carbocycles. The summed E-state index contributed by atoms with van der Waals surface area (Å²) in [5, 5.41) is 1.43. The highest BCUT2D eigenvalue weighted by molar-refractivity contribution is 6.32. The lowest BCUT2D eigenvalue weighted by Crippen LogP contribution is -1.99. The molecule has 15 heavy (non-hydrogen) atoms. The Morgan fingerprint density at radius 3 is 2.73 bits per heavy atom. The fourth-order valence-electron chi connectivity index (χ4n) is 1.46. The lowest BCUT2D eigenvalue weighted by molar-refractivity contribution is 0.559. The van der Waals surface area contributed by atoms with E-state index in [1.54, 1.807) is 12.1 Å². The lowest BCUT2D eigenvalue weighted by Gasteiger charge is -2.04. The molecule has 0 amide bonds. The standard InChI is InChI=1S/C11H8Cl2O2/c1-6-2-10-8(4-9(6)13)7(5-12)3-11(14)15-10/h2-4H,5H2,1H3. The maximum atomic E-state index is 11.2. The average Bonchev–Trinajstić information content (AvgIpc) is 2.19. The maximum Gasteiger partial charge on any atom is 0.336 e. The third-order valence-corrected chi connectivity index (χ3v) is 2.95. The van der Waals surface area contributed by atoms with Gasteiger partial charge < -0.3 is 4.42 Å². The van der Waals surface area contributed by atoms with E-state index in [0.29, 0.717) is 10.6 Å². The molecular formula is C11H8Cl2O2. The molecule has 0 aliphatic heterocycles. The van der Waals surface area contributed by atoms with Crippen LogP contribution in [0.5, 0.6) is 0 Å². The fraction of sp³-hybridized carbons (Fsp3) is 0.182. The number of aryl methyl sites for hydroxylation is 1. The Balaban J connectivity index is 2.90. The monoisotopic (exact) mass is 242 g/mol. The summed E-state index contributed by atoms with van der Waals surface area (Å²) >= 11 is 11.7. The zero-order chi connectivity index (χ0) is 11.0. The van der Waals surface area contributed by atoms with E-state index >= 15 is 0 Å². The van der Waals surface area contributed by atoms with E-state index in [1.807, 2.05) is 6.92 Å². The number of benzene rings is 1. The third-order valence-electron chi connectivity index (χ3n) is 2.25. The normalized spacial score (nSPS) is 10.9. The highest BCUT2D eigenvalue weighted by atomic mass is 35.5. The molecule has 0 saturated heterocycles. The minimum atomic E-state index is -0.389. The summed E-state index contributed by atoms with van der Waals surface area (Å²) in [4.78, 5) is 11.2. The molecule has 0 unspecified atom stereocenters. The maximum absolute atomic E-state index is 11.2. The summed E-state index contributed by atoms with van der Waals surface area (Å²) in [5.41, 5.74) is 1.75. The van der Waals surface area contributed by atoms with Crippen LogP contribution < -0.4 is 5.63 Å². The molecule has 1 aromatic heterocycles. The van der Waals surface area contributed by atoms with Gasteiger partial charge in [0, 0.05) is 22.4 Å². The molecule has 0 N–H and O–H groups in total. The van der Waals surface area contributed by atoms with Crippen LogP contribution >= 0.6 is 23.2 Å². The van der Waals surface area contributed by atoms with E-state index in [9.17, 15) is 4.79 Å². The molecule has 4 heteroatoms. The summed E-state index contributed by atoms with van der Waals surface area (Å²) in [6, 6.07) is 4.91. The minimum absolute atomic E-state index is 0.265. The first-order valence-electron chi connectivity index (χ1n) is 4.40. The van der Waals surface area contributed by atoms with Gasteiger partial charge in [-0.2, -0.15) is 0 Å². The van der Waals surface area contributed by atoms with Gasteiger partial charge in [0.15, 0.2) is 0 Å². The van der Waals surface area contributed by atoms with Gasteiger partial charge in [-0.05, 0) is 30.2 Å². The van der Waals surface area contributed by atoms with Crippen molar-refractivity contribution in [1.29, 1.82) is 0 Å². The summed E-state index contributed by atoms with van der Waals surface area (Å²) in [7, 11) is 0. The van der Waals surface area contributed by atoms with Gasteiger partial charge in [0.25, 0.3) is 0 Å². The molecule has 0 saturated carbocycles. The molecular weight excluding hydrogens is 235 g/mol. The van der Waals surface area contributed by atoms with E-state index in [1.165, 1.54) is 6.07 Å². The van der Waals surface area contributed by atoms with Crippen LogP contribution in [0.1, 0.15) is 11.1 Å². The Kier molecular flexibility index (Phi) is 2.72. The SMILES string of the molecule is Cc1cc2oc(=O)cc(CCl)c2cc1Cl. The molecule has 0 atom stereocenters. The predicted molar refractivity (Wildman–Crippen MR) is 61.8 cm³/mol. The van der Waals surface area contributed by atoms with E-state index in [4.69, 9.17) is 27.6 Å². The zero-order valence-corrected chi connectivity index (χ0v) is 9.52. The molecule has 0 fully saturated rings. The van der Waals surface area contributed by atoms with Crippen LogP contribution in [0.4, 0.5) is 0 Å². The van der Waals surface area contributed by atoms with Crippen molar-refractivity contribution in [3.05, 3.63) is 44.8 Å². The second-order valence-corrected chi connectivity index (χ2v) is 4.00. The zero-order valence-electron chi connectivity index (χ0n) is 8.01. The van der Waals surface area contributed by atoms with Gasteiger partial charge in [-0.1, -0.05) is 11.6 Å². The average molecular weight is 243 g/mol. The minimum Gasteiger partial charge on any atom is -0.423 e. The molecule has 0 aliphatic rings. The summed E-state index contributed by atoms with van der Waals surface area (Å²) in [6.45, 7) is 1.86. The van der Waals surface area contributed by atoms with Crippen molar-refractivity contribution in [2.45, 2.75) is 12.8 Å². The first kappa shape index (κ1) is 10.5. The Morgan fingerprint density at radius 2 is 2.07 bits per heavy atom. The van der Waals surface area contributed by atoms with Crippen LogP contribution in [0.3, 0.4) is 0 Å². The van der Waals surface area contributed by atoms with E-state index in [2.05, 4.69) is 0 Å². The molecule has 0 radical (unpaired) electrons. The van der Waals surface area contributed by atoms with Gasteiger partial charge >= 0.3 is 5.63 Å². The number of hydrogen-bond acceptors (Lipinski definition) is 2. The van der Waals surface area contributed by atoms with Crippen LogP contribution in [-0.2, 0) is 5.88 Å². The van der Waals surface area contributed by atoms with Crippen molar-refractivity contribution in [2.24, 2.45) is 0 Å². The first-order chi connectivity index (χ1) is 7.11. The molecule has 1 heterocycles. The Morgan fingerprint density at radius 1 is 1.33 bits per heavy atom. The van der Waals surface area contributed by atoms with Gasteiger partial charge in [-0.3, -0.25) is 0 Å². The van der Waals surface area contributed by atoms with Crippen LogP contribution in [0.2, 0.25) is 5.02 Å². The highest BCUT2D eigenvalue weighted by Gasteiger charge is 2.07. The molecule has 0 aliphatic carbocycles. The van der Waals surface area contributed by atoms with Crippen LogP contribution in [0, 0.1) is 6.92 Å². The van der Waals surface area contributed by atoms with Crippen LogP contribution in [-0.4, -0.2) is 0 Å². The van der Waals surface area contributed by atoms with Gasteiger partial charge in [0.05, 0.1) is 0 Å². The summed E-state index contributed by atoms with van der Waals surface area (Å²) < 4.78 is 5.07. The second kappa shape index (κ2) is 3.87. The fourth-order valence-corrected chi connectivity index (χ4v) is 1.84. The quantitative estimate of drug-likeness (QED) is 0.566. The van der Waals surface area contributed by atoms with Gasteiger partial charge in [0.2, 0.25) is 0 Å². The molecule has 2 nitrogen and oxygen atoms in total. The van der Waals surface area contributed by atoms with Crippen molar-refractivity contribution in [2.75, 3.05) is 0 Å². The lowest BCUT2D eigenvalue weighted by atomic mass is 10.1. The highest BCUT2D eigenvalue weighted by Crippen LogP contribution is 2.25. The Labute approximate surface area is 96.4 Å². The molecule has 2 rings (SSSR count). The Bertz CT molecular complexity index is 573. The van der Waals surface area contributed by atoms with Gasteiger partial charge in [0.1, 0.15) is 5.58 Å². The molecule has 0 spiro atoms. The van der Waals surface area contributed by atoms with E-state index in [0.717, 1.165) is 16.5 Å². The number of halogens is 2.